The highest BCUT2D eigenvalue weighted by molar-refractivity contribution is 5.35. The largest absolute Gasteiger partial charge is 0.0991 e. The molecule has 94 valence electrons. The van der Waals surface area contributed by atoms with Gasteiger partial charge in [-0.1, -0.05) is 82.5 Å². The summed E-state index contributed by atoms with van der Waals surface area (Å²) in [7, 11) is 0. The highest BCUT2D eigenvalue weighted by Crippen LogP contribution is 2.28. The van der Waals surface area contributed by atoms with Crippen molar-refractivity contribution in [3.05, 3.63) is 72.9 Å². The van der Waals surface area contributed by atoms with Gasteiger partial charge in [-0.05, 0) is 17.6 Å². The van der Waals surface area contributed by atoms with Crippen molar-refractivity contribution in [2.75, 3.05) is 0 Å². The van der Waals surface area contributed by atoms with Crippen molar-refractivity contribution in [3.63, 3.8) is 0 Å². The normalized spacial score (nSPS) is 12.1. The first-order chi connectivity index (χ1) is 8.33. The van der Waals surface area contributed by atoms with Crippen LogP contribution in [0.4, 0.5) is 0 Å². The van der Waals surface area contributed by atoms with E-state index in [0.717, 1.165) is 6.42 Å². The van der Waals surface area contributed by atoms with Crippen LogP contribution in [0.1, 0.15) is 40.1 Å². The third-order valence-corrected chi connectivity index (χ3v) is 2.56. The SMILES string of the molecule is C=C/C=C(\C=C)C(CC)c1ccccc1.CC.[HH]. The molecule has 0 amide bonds. The van der Waals surface area contributed by atoms with E-state index < -0.39 is 0 Å². The lowest BCUT2D eigenvalue weighted by Gasteiger charge is -2.16. The second-order valence-electron chi connectivity index (χ2n) is 3.48. The molecule has 0 heterocycles. The molecule has 0 radical (unpaired) electrons. The van der Waals surface area contributed by atoms with Gasteiger partial charge in [0, 0.05) is 7.34 Å². The Morgan fingerprint density at radius 3 is 2.24 bits per heavy atom. The van der Waals surface area contributed by atoms with Crippen LogP contribution in [0.5, 0.6) is 0 Å². The molecule has 0 nitrogen and oxygen atoms in total. The fourth-order valence-electron chi connectivity index (χ4n) is 1.81. The van der Waals surface area contributed by atoms with Crippen molar-refractivity contribution in [2.45, 2.75) is 33.1 Å². The topological polar surface area (TPSA) is 0 Å². The third kappa shape index (κ3) is 4.86. The van der Waals surface area contributed by atoms with Gasteiger partial charge in [0.2, 0.25) is 0 Å². The average Bonchev–Trinajstić information content (AvgIpc) is 2.42. The number of hydrogen-bond donors (Lipinski definition) is 0. The Morgan fingerprint density at radius 2 is 1.82 bits per heavy atom. The second kappa shape index (κ2) is 9.65. The van der Waals surface area contributed by atoms with E-state index in [1.807, 2.05) is 38.1 Å². The van der Waals surface area contributed by atoms with Gasteiger partial charge < -0.3 is 0 Å². The molecule has 1 atom stereocenters. The molecule has 0 aromatic heterocycles. The van der Waals surface area contributed by atoms with Crippen LogP contribution in [-0.2, 0) is 0 Å². The van der Waals surface area contributed by atoms with E-state index >= 15 is 0 Å². The molecule has 0 heteroatoms. The summed E-state index contributed by atoms with van der Waals surface area (Å²) in [5.74, 6) is 0.432. The molecular formula is C17H26. The summed E-state index contributed by atoms with van der Waals surface area (Å²) in [6.07, 6.45) is 6.86. The molecule has 0 fully saturated rings. The predicted molar refractivity (Wildman–Crippen MR) is 81.4 cm³/mol. The van der Waals surface area contributed by atoms with Crippen LogP contribution < -0.4 is 0 Å². The molecule has 0 N–H and O–H groups in total. The molecular weight excluding hydrogens is 204 g/mol. The maximum Gasteiger partial charge on any atom is 0.00865 e. The van der Waals surface area contributed by atoms with Crippen LogP contribution >= 0.6 is 0 Å². The first-order valence-corrected chi connectivity index (χ1v) is 6.33. The van der Waals surface area contributed by atoms with Crippen LogP contribution in [0.15, 0.2) is 67.3 Å². The van der Waals surface area contributed by atoms with Crippen molar-refractivity contribution in [3.8, 4) is 0 Å². The molecule has 0 aliphatic heterocycles. The lowest BCUT2D eigenvalue weighted by molar-refractivity contribution is 0.777. The molecule has 0 saturated carbocycles. The summed E-state index contributed by atoms with van der Waals surface area (Å²) >= 11 is 0. The molecule has 0 saturated heterocycles. The van der Waals surface area contributed by atoms with E-state index in [-0.39, 0.29) is 1.43 Å². The van der Waals surface area contributed by atoms with Gasteiger partial charge in [0.05, 0.1) is 0 Å². The molecule has 0 aliphatic rings. The Hall–Kier alpha value is -1.56. The van der Waals surface area contributed by atoms with Crippen LogP contribution in [0.3, 0.4) is 0 Å². The number of allylic oxidation sites excluding steroid dienone is 4. The maximum absolute atomic E-state index is 3.86. The monoisotopic (exact) mass is 230 g/mol. The van der Waals surface area contributed by atoms with E-state index in [4.69, 9.17) is 0 Å². The first kappa shape index (κ1) is 15.4. The fraction of sp³-hybridized carbons (Fsp3) is 0.294. The zero-order valence-corrected chi connectivity index (χ0v) is 11.3. The molecule has 17 heavy (non-hydrogen) atoms. The quantitative estimate of drug-likeness (QED) is 0.565. The van der Waals surface area contributed by atoms with Gasteiger partial charge >= 0.3 is 0 Å². The first-order valence-electron chi connectivity index (χ1n) is 6.33. The van der Waals surface area contributed by atoms with Crippen LogP contribution in [0, 0.1) is 0 Å². The number of benzene rings is 1. The lowest BCUT2D eigenvalue weighted by Crippen LogP contribution is -1.99. The highest BCUT2D eigenvalue weighted by atomic mass is 14.1. The minimum Gasteiger partial charge on any atom is -0.0991 e. The van der Waals surface area contributed by atoms with Gasteiger partial charge in [-0.15, -0.1) is 0 Å². The Morgan fingerprint density at radius 1 is 1.24 bits per heavy atom. The average molecular weight is 230 g/mol. The molecule has 1 rings (SSSR count). The Balaban J connectivity index is 0. The molecule has 0 aliphatic carbocycles. The Labute approximate surface area is 108 Å². The summed E-state index contributed by atoms with van der Waals surface area (Å²) in [6.45, 7) is 13.8. The van der Waals surface area contributed by atoms with E-state index in [1.165, 1.54) is 11.1 Å². The minimum absolute atomic E-state index is 0. The van der Waals surface area contributed by atoms with Crippen LogP contribution in [0.2, 0.25) is 0 Å². The van der Waals surface area contributed by atoms with Gasteiger partial charge in [0.1, 0.15) is 0 Å². The summed E-state index contributed by atoms with van der Waals surface area (Å²) in [4.78, 5) is 0. The Bertz CT molecular complexity index is 349. The zero-order chi connectivity index (χ0) is 13.1. The molecule has 0 spiro atoms. The van der Waals surface area contributed by atoms with Gasteiger partial charge in [0.25, 0.3) is 0 Å². The van der Waals surface area contributed by atoms with E-state index in [1.54, 1.807) is 0 Å². The van der Waals surface area contributed by atoms with Gasteiger partial charge in [0.15, 0.2) is 0 Å². The second-order valence-corrected chi connectivity index (χ2v) is 3.48. The molecule has 1 aromatic carbocycles. The van der Waals surface area contributed by atoms with Gasteiger partial charge in [-0.25, -0.2) is 0 Å². The fourth-order valence-corrected chi connectivity index (χ4v) is 1.81. The summed E-state index contributed by atoms with van der Waals surface area (Å²) in [6, 6.07) is 10.5. The summed E-state index contributed by atoms with van der Waals surface area (Å²) < 4.78 is 0. The smallest absolute Gasteiger partial charge is 0.00865 e. The minimum atomic E-state index is 0. The Kier molecular flexibility index (Phi) is 8.77. The molecule has 0 bridgehead atoms. The maximum atomic E-state index is 3.86. The van der Waals surface area contributed by atoms with Crippen molar-refractivity contribution in [2.24, 2.45) is 0 Å². The predicted octanol–water partition coefficient (Wildman–Crippen LogP) is 5.75. The van der Waals surface area contributed by atoms with Gasteiger partial charge in [-0.2, -0.15) is 0 Å². The van der Waals surface area contributed by atoms with Crippen molar-refractivity contribution < 1.29 is 1.43 Å². The number of hydrogen-bond acceptors (Lipinski definition) is 0. The van der Waals surface area contributed by atoms with Crippen molar-refractivity contribution in [1.82, 2.24) is 0 Å². The standard InChI is InChI=1S/C15H18.C2H6.H2/c1-4-10-13(5-2)15(6-3)14-11-8-7-9-12-14;1-2;/h4-5,7-12,15H,1-2,6H2,3H3;1-2H3;1H/b13-10+;;. The van der Waals surface area contributed by atoms with Crippen LogP contribution in [-0.4, -0.2) is 0 Å². The lowest BCUT2D eigenvalue weighted by atomic mass is 9.88. The van der Waals surface area contributed by atoms with Crippen molar-refractivity contribution >= 4 is 0 Å². The van der Waals surface area contributed by atoms with E-state index in [9.17, 15) is 0 Å². The van der Waals surface area contributed by atoms with E-state index in [0.29, 0.717) is 5.92 Å². The summed E-state index contributed by atoms with van der Waals surface area (Å²) in [5, 5.41) is 0. The van der Waals surface area contributed by atoms with Gasteiger partial charge in [-0.3, -0.25) is 0 Å². The summed E-state index contributed by atoms with van der Waals surface area (Å²) in [5.41, 5.74) is 2.58. The van der Waals surface area contributed by atoms with Crippen molar-refractivity contribution in [1.29, 1.82) is 0 Å². The van der Waals surface area contributed by atoms with Crippen LogP contribution in [0.25, 0.3) is 0 Å². The third-order valence-electron chi connectivity index (χ3n) is 2.56. The zero-order valence-electron chi connectivity index (χ0n) is 11.3. The number of rotatable bonds is 5. The van der Waals surface area contributed by atoms with E-state index in [2.05, 4.69) is 44.3 Å². The molecule has 1 unspecified atom stereocenters. The molecule has 1 aromatic rings. The highest BCUT2D eigenvalue weighted by Gasteiger charge is 2.10.